The maximum absolute atomic E-state index is 2.26. The van der Waals surface area contributed by atoms with Crippen LogP contribution < -0.4 is 0 Å². The minimum absolute atomic E-state index is 0. The summed E-state index contributed by atoms with van der Waals surface area (Å²) in [6, 6.07) is 9.02. The molecule has 1 aromatic carbocycles. The molecule has 88 valence electrons. The van der Waals surface area contributed by atoms with E-state index < -0.39 is 0 Å². The summed E-state index contributed by atoms with van der Waals surface area (Å²) in [5.41, 5.74) is 2.90. The van der Waals surface area contributed by atoms with Crippen LogP contribution in [0.3, 0.4) is 0 Å². The van der Waals surface area contributed by atoms with Crippen molar-refractivity contribution in [2.45, 2.75) is 54.9 Å². The van der Waals surface area contributed by atoms with Gasteiger partial charge in [-0.15, -0.1) is 0 Å². The van der Waals surface area contributed by atoms with Crippen molar-refractivity contribution >= 4 is 0 Å². The van der Waals surface area contributed by atoms with Crippen molar-refractivity contribution in [3.63, 3.8) is 0 Å². The summed E-state index contributed by atoms with van der Waals surface area (Å²) in [7, 11) is 0. The standard InChI is InChI=1S/C13H20.2CH4/c1-10(2)9-12-5-7-13(8-6-12)11(3)4;;/h5-8,10-11H,9H2,1-4H3;2*1H4. The van der Waals surface area contributed by atoms with E-state index >= 15 is 0 Å². The van der Waals surface area contributed by atoms with Crippen LogP contribution in [0.25, 0.3) is 0 Å². The first kappa shape index (κ1) is 16.6. The molecule has 0 aromatic heterocycles. The molecule has 0 bridgehead atoms. The van der Waals surface area contributed by atoms with Gasteiger partial charge < -0.3 is 0 Å². The molecule has 15 heavy (non-hydrogen) atoms. The number of hydrogen-bond acceptors (Lipinski definition) is 0. The third-order valence-electron chi connectivity index (χ3n) is 2.29. The van der Waals surface area contributed by atoms with Crippen LogP contribution in [0.4, 0.5) is 0 Å². The third kappa shape index (κ3) is 5.61. The minimum atomic E-state index is 0. The Morgan fingerprint density at radius 1 is 0.867 bits per heavy atom. The second-order valence-electron chi connectivity index (χ2n) is 4.49. The Labute approximate surface area is 96.7 Å². The Kier molecular flexibility index (Phi) is 8.33. The van der Waals surface area contributed by atoms with E-state index in [2.05, 4.69) is 52.0 Å². The zero-order valence-corrected chi connectivity index (χ0v) is 9.17. The molecule has 0 aliphatic rings. The van der Waals surface area contributed by atoms with Crippen molar-refractivity contribution in [1.82, 2.24) is 0 Å². The summed E-state index contributed by atoms with van der Waals surface area (Å²) < 4.78 is 0. The molecular weight excluding hydrogens is 180 g/mol. The van der Waals surface area contributed by atoms with E-state index in [1.54, 1.807) is 0 Å². The van der Waals surface area contributed by atoms with Crippen molar-refractivity contribution in [3.8, 4) is 0 Å². The Morgan fingerprint density at radius 3 is 1.67 bits per heavy atom. The van der Waals surface area contributed by atoms with E-state index in [-0.39, 0.29) is 14.9 Å². The van der Waals surface area contributed by atoms with Gasteiger partial charge in [-0.05, 0) is 29.4 Å². The molecule has 0 fully saturated rings. The molecule has 0 aliphatic carbocycles. The van der Waals surface area contributed by atoms with Gasteiger partial charge in [0.15, 0.2) is 0 Å². The summed E-state index contributed by atoms with van der Waals surface area (Å²) in [5, 5.41) is 0. The number of rotatable bonds is 3. The smallest absolute Gasteiger partial charge is 0.0219 e. The Morgan fingerprint density at radius 2 is 1.33 bits per heavy atom. The van der Waals surface area contributed by atoms with E-state index in [1.807, 2.05) is 0 Å². The lowest BCUT2D eigenvalue weighted by atomic mass is 9.98. The van der Waals surface area contributed by atoms with Gasteiger partial charge in [-0.2, -0.15) is 0 Å². The molecule has 0 atom stereocenters. The summed E-state index contributed by atoms with van der Waals surface area (Å²) in [6.07, 6.45) is 1.19. The normalized spacial score (nSPS) is 9.73. The van der Waals surface area contributed by atoms with Crippen LogP contribution in [0.2, 0.25) is 0 Å². The summed E-state index contributed by atoms with van der Waals surface area (Å²) in [5.74, 6) is 1.40. The second kappa shape index (κ2) is 7.50. The molecule has 0 saturated carbocycles. The summed E-state index contributed by atoms with van der Waals surface area (Å²) >= 11 is 0. The Hall–Kier alpha value is -0.780. The van der Waals surface area contributed by atoms with Crippen LogP contribution in [0.15, 0.2) is 24.3 Å². The van der Waals surface area contributed by atoms with Crippen LogP contribution in [-0.2, 0) is 6.42 Å². The topological polar surface area (TPSA) is 0 Å². The molecule has 1 aromatic rings. The molecule has 0 radical (unpaired) electrons. The van der Waals surface area contributed by atoms with Crippen molar-refractivity contribution in [2.24, 2.45) is 5.92 Å². The third-order valence-corrected chi connectivity index (χ3v) is 2.29. The predicted octanol–water partition coefficient (Wildman–Crippen LogP) is 5.28. The number of benzene rings is 1. The van der Waals surface area contributed by atoms with E-state index in [9.17, 15) is 0 Å². The van der Waals surface area contributed by atoms with Gasteiger partial charge in [-0.1, -0.05) is 66.8 Å². The quantitative estimate of drug-likeness (QED) is 0.634. The number of hydrogen-bond donors (Lipinski definition) is 0. The zero-order valence-electron chi connectivity index (χ0n) is 9.17. The van der Waals surface area contributed by atoms with Crippen LogP contribution >= 0.6 is 0 Å². The monoisotopic (exact) mass is 208 g/mol. The Balaban J connectivity index is 0. The highest BCUT2D eigenvalue weighted by Crippen LogP contribution is 2.16. The molecule has 0 spiro atoms. The fourth-order valence-corrected chi connectivity index (χ4v) is 1.51. The lowest BCUT2D eigenvalue weighted by Crippen LogP contribution is -1.94. The van der Waals surface area contributed by atoms with E-state index in [4.69, 9.17) is 0 Å². The first-order valence-corrected chi connectivity index (χ1v) is 5.18. The van der Waals surface area contributed by atoms with Crippen molar-refractivity contribution in [2.75, 3.05) is 0 Å². The molecule has 1 rings (SSSR count). The van der Waals surface area contributed by atoms with E-state index in [0.29, 0.717) is 5.92 Å². The van der Waals surface area contributed by atoms with Gasteiger partial charge in [-0.25, -0.2) is 0 Å². The van der Waals surface area contributed by atoms with Crippen LogP contribution in [0, 0.1) is 5.92 Å². The lowest BCUT2D eigenvalue weighted by molar-refractivity contribution is 0.647. The Bertz CT molecular complexity index is 241. The SMILES string of the molecule is C.C.CC(C)Cc1ccc(C(C)C)cc1. The zero-order chi connectivity index (χ0) is 9.84. The average molecular weight is 208 g/mol. The van der Waals surface area contributed by atoms with Crippen molar-refractivity contribution in [1.29, 1.82) is 0 Å². The van der Waals surface area contributed by atoms with Gasteiger partial charge in [-0.3, -0.25) is 0 Å². The maximum Gasteiger partial charge on any atom is -0.0219 e. The highest BCUT2D eigenvalue weighted by atomic mass is 14.1. The highest BCUT2D eigenvalue weighted by molar-refractivity contribution is 5.24. The molecule has 0 aliphatic heterocycles. The molecule has 0 heteroatoms. The van der Waals surface area contributed by atoms with Crippen LogP contribution in [0.5, 0.6) is 0 Å². The molecule has 0 nitrogen and oxygen atoms in total. The first-order chi connectivity index (χ1) is 6.09. The van der Waals surface area contributed by atoms with Crippen molar-refractivity contribution in [3.05, 3.63) is 35.4 Å². The fraction of sp³-hybridized carbons (Fsp3) is 0.600. The molecule has 0 saturated heterocycles. The minimum Gasteiger partial charge on any atom is -0.0776 e. The van der Waals surface area contributed by atoms with Crippen LogP contribution in [-0.4, -0.2) is 0 Å². The lowest BCUT2D eigenvalue weighted by Gasteiger charge is -2.08. The van der Waals surface area contributed by atoms with Gasteiger partial charge in [0, 0.05) is 0 Å². The first-order valence-electron chi connectivity index (χ1n) is 5.18. The van der Waals surface area contributed by atoms with Gasteiger partial charge in [0.05, 0.1) is 0 Å². The van der Waals surface area contributed by atoms with Crippen molar-refractivity contribution < 1.29 is 0 Å². The molecule has 0 heterocycles. The molecular formula is C15H28. The van der Waals surface area contributed by atoms with Gasteiger partial charge in [0.2, 0.25) is 0 Å². The summed E-state index contributed by atoms with van der Waals surface area (Å²) in [4.78, 5) is 0. The highest BCUT2D eigenvalue weighted by Gasteiger charge is 2.00. The van der Waals surface area contributed by atoms with Gasteiger partial charge >= 0.3 is 0 Å². The second-order valence-corrected chi connectivity index (χ2v) is 4.49. The molecule has 0 N–H and O–H groups in total. The largest absolute Gasteiger partial charge is 0.0776 e. The molecule has 0 amide bonds. The fourth-order valence-electron chi connectivity index (χ4n) is 1.51. The predicted molar refractivity (Wildman–Crippen MR) is 72.5 cm³/mol. The van der Waals surface area contributed by atoms with E-state index in [0.717, 1.165) is 5.92 Å². The van der Waals surface area contributed by atoms with Gasteiger partial charge in [0.1, 0.15) is 0 Å². The van der Waals surface area contributed by atoms with Gasteiger partial charge in [0.25, 0.3) is 0 Å². The molecule has 0 unspecified atom stereocenters. The van der Waals surface area contributed by atoms with E-state index in [1.165, 1.54) is 17.5 Å². The average Bonchev–Trinajstić information content (AvgIpc) is 2.04. The summed E-state index contributed by atoms with van der Waals surface area (Å²) in [6.45, 7) is 8.99. The van der Waals surface area contributed by atoms with Crippen LogP contribution in [0.1, 0.15) is 59.6 Å². The maximum atomic E-state index is 2.26.